The minimum atomic E-state index is -0.266. The highest BCUT2D eigenvalue weighted by atomic mass is 16.5. The Labute approximate surface area is 147 Å². The first-order valence-electron chi connectivity index (χ1n) is 8.03. The van der Waals surface area contributed by atoms with E-state index in [4.69, 9.17) is 9.47 Å². The minimum Gasteiger partial charge on any atom is -0.497 e. The Morgan fingerprint density at radius 3 is 2.44 bits per heavy atom. The number of ether oxygens (including phenoxy) is 2. The predicted molar refractivity (Wildman–Crippen MR) is 96.2 cm³/mol. The SMILES string of the molecule is COc1ccc(OCCNC(=O)c2cc(NC(C)(C)C)ncn2)cc1. The van der Waals surface area contributed by atoms with Gasteiger partial charge in [-0.2, -0.15) is 0 Å². The van der Waals surface area contributed by atoms with Gasteiger partial charge in [-0.15, -0.1) is 0 Å². The van der Waals surface area contributed by atoms with Gasteiger partial charge in [-0.3, -0.25) is 4.79 Å². The lowest BCUT2D eigenvalue weighted by Crippen LogP contribution is -2.30. The predicted octanol–water partition coefficient (Wildman–Crippen LogP) is 2.50. The number of anilines is 1. The molecule has 0 aliphatic carbocycles. The largest absolute Gasteiger partial charge is 0.497 e. The summed E-state index contributed by atoms with van der Waals surface area (Å²) in [6.07, 6.45) is 1.37. The topological polar surface area (TPSA) is 85.4 Å². The van der Waals surface area contributed by atoms with Gasteiger partial charge in [0, 0.05) is 11.6 Å². The van der Waals surface area contributed by atoms with E-state index in [2.05, 4.69) is 20.6 Å². The van der Waals surface area contributed by atoms with Gasteiger partial charge >= 0.3 is 0 Å². The van der Waals surface area contributed by atoms with Crippen molar-refractivity contribution in [3.05, 3.63) is 42.4 Å². The second-order valence-electron chi connectivity index (χ2n) is 6.44. The fraction of sp³-hybridized carbons (Fsp3) is 0.389. The molecule has 7 nitrogen and oxygen atoms in total. The summed E-state index contributed by atoms with van der Waals surface area (Å²) in [6, 6.07) is 8.90. The number of hydrogen-bond donors (Lipinski definition) is 2. The van der Waals surface area contributed by atoms with Crippen molar-refractivity contribution in [3.8, 4) is 11.5 Å². The lowest BCUT2D eigenvalue weighted by Gasteiger charge is -2.21. The molecule has 1 aromatic carbocycles. The van der Waals surface area contributed by atoms with Crippen molar-refractivity contribution in [3.63, 3.8) is 0 Å². The van der Waals surface area contributed by atoms with Crippen LogP contribution in [0, 0.1) is 0 Å². The number of rotatable bonds is 7. The standard InChI is InChI=1S/C18H24N4O3/c1-18(2,3)22-16-11-15(20-12-21-16)17(23)19-9-10-25-14-7-5-13(24-4)6-8-14/h5-8,11-12H,9-10H2,1-4H3,(H,19,23)(H,20,21,22). The molecule has 0 saturated carbocycles. The quantitative estimate of drug-likeness (QED) is 0.751. The van der Waals surface area contributed by atoms with Crippen LogP contribution < -0.4 is 20.1 Å². The highest BCUT2D eigenvalue weighted by molar-refractivity contribution is 5.92. The molecule has 1 amide bonds. The van der Waals surface area contributed by atoms with Crippen molar-refractivity contribution in [1.82, 2.24) is 15.3 Å². The summed E-state index contributed by atoms with van der Waals surface area (Å²) in [6.45, 7) is 6.79. The van der Waals surface area contributed by atoms with Gasteiger partial charge in [-0.1, -0.05) is 0 Å². The summed E-state index contributed by atoms with van der Waals surface area (Å²) in [7, 11) is 1.61. The second-order valence-corrected chi connectivity index (χ2v) is 6.44. The molecule has 0 unspecified atom stereocenters. The van der Waals surface area contributed by atoms with Crippen molar-refractivity contribution in [2.75, 3.05) is 25.6 Å². The van der Waals surface area contributed by atoms with Crippen LogP contribution in [0.3, 0.4) is 0 Å². The number of methoxy groups -OCH3 is 1. The van der Waals surface area contributed by atoms with Crippen molar-refractivity contribution in [2.24, 2.45) is 0 Å². The lowest BCUT2D eigenvalue weighted by molar-refractivity contribution is 0.0942. The van der Waals surface area contributed by atoms with Crippen molar-refractivity contribution in [1.29, 1.82) is 0 Å². The highest BCUT2D eigenvalue weighted by Gasteiger charge is 2.13. The van der Waals surface area contributed by atoms with E-state index in [1.807, 2.05) is 45.0 Å². The molecule has 0 aliphatic heterocycles. The molecule has 1 aromatic heterocycles. The number of aromatic nitrogens is 2. The summed E-state index contributed by atoms with van der Waals surface area (Å²) < 4.78 is 10.7. The van der Waals surface area contributed by atoms with Gasteiger partial charge < -0.3 is 20.1 Å². The van der Waals surface area contributed by atoms with E-state index in [9.17, 15) is 4.79 Å². The number of nitrogens with zero attached hydrogens (tertiary/aromatic N) is 2. The van der Waals surface area contributed by atoms with E-state index in [0.29, 0.717) is 30.4 Å². The molecular weight excluding hydrogens is 320 g/mol. The van der Waals surface area contributed by atoms with Gasteiger partial charge in [-0.05, 0) is 45.0 Å². The third-order valence-corrected chi connectivity index (χ3v) is 3.12. The van der Waals surface area contributed by atoms with Crippen LogP contribution in [0.1, 0.15) is 31.3 Å². The van der Waals surface area contributed by atoms with Crippen LogP contribution in [0.2, 0.25) is 0 Å². The van der Waals surface area contributed by atoms with Crippen LogP contribution in [0.25, 0.3) is 0 Å². The number of benzene rings is 1. The van der Waals surface area contributed by atoms with Crippen LogP contribution in [-0.2, 0) is 0 Å². The first-order chi connectivity index (χ1) is 11.9. The smallest absolute Gasteiger partial charge is 0.270 e. The van der Waals surface area contributed by atoms with Gasteiger partial charge in [0.05, 0.1) is 13.7 Å². The molecule has 0 saturated heterocycles. The molecular formula is C18H24N4O3. The molecule has 0 aliphatic rings. The molecule has 0 atom stereocenters. The number of hydrogen-bond acceptors (Lipinski definition) is 6. The molecule has 134 valence electrons. The Balaban J connectivity index is 1.80. The second kappa shape index (κ2) is 8.32. The normalized spacial score (nSPS) is 10.9. The zero-order valence-corrected chi connectivity index (χ0v) is 15.0. The fourth-order valence-corrected chi connectivity index (χ4v) is 2.03. The van der Waals surface area contributed by atoms with Gasteiger partial charge in [0.2, 0.25) is 0 Å². The minimum absolute atomic E-state index is 0.145. The molecule has 25 heavy (non-hydrogen) atoms. The van der Waals surface area contributed by atoms with Crippen LogP contribution in [0.15, 0.2) is 36.7 Å². The van der Waals surface area contributed by atoms with E-state index in [0.717, 1.165) is 5.75 Å². The zero-order chi connectivity index (χ0) is 18.3. The zero-order valence-electron chi connectivity index (χ0n) is 15.0. The van der Waals surface area contributed by atoms with E-state index in [-0.39, 0.29) is 11.4 Å². The van der Waals surface area contributed by atoms with Crippen LogP contribution in [-0.4, -0.2) is 41.7 Å². The lowest BCUT2D eigenvalue weighted by atomic mass is 10.1. The van der Waals surface area contributed by atoms with Crippen LogP contribution in [0.4, 0.5) is 5.82 Å². The number of nitrogens with one attached hydrogen (secondary N) is 2. The molecule has 2 N–H and O–H groups in total. The molecule has 1 heterocycles. The van der Waals surface area contributed by atoms with Gasteiger partial charge in [0.25, 0.3) is 5.91 Å². The van der Waals surface area contributed by atoms with Gasteiger partial charge in [0.1, 0.15) is 35.9 Å². The van der Waals surface area contributed by atoms with E-state index in [1.165, 1.54) is 6.33 Å². The Morgan fingerprint density at radius 1 is 1.12 bits per heavy atom. The molecule has 2 aromatic rings. The third kappa shape index (κ3) is 6.29. The number of carbonyl (C=O) groups excluding carboxylic acids is 1. The number of amides is 1. The molecule has 0 spiro atoms. The molecule has 2 rings (SSSR count). The summed E-state index contributed by atoms with van der Waals surface area (Å²) >= 11 is 0. The summed E-state index contributed by atoms with van der Waals surface area (Å²) in [5.74, 6) is 1.83. The average molecular weight is 344 g/mol. The average Bonchev–Trinajstić information content (AvgIpc) is 2.58. The molecule has 7 heteroatoms. The Morgan fingerprint density at radius 2 is 1.80 bits per heavy atom. The fourth-order valence-electron chi connectivity index (χ4n) is 2.03. The summed E-state index contributed by atoms with van der Waals surface area (Å²) in [5.41, 5.74) is 0.167. The third-order valence-electron chi connectivity index (χ3n) is 3.12. The Hall–Kier alpha value is -2.83. The molecule has 0 fully saturated rings. The van der Waals surface area contributed by atoms with Crippen molar-refractivity contribution in [2.45, 2.75) is 26.3 Å². The maximum absolute atomic E-state index is 12.2. The van der Waals surface area contributed by atoms with Gasteiger partial charge in [-0.25, -0.2) is 9.97 Å². The summed E-state index contributed by atoms with van der Waals surface area (Å²) in [4.78, 5) is 20.3. The first kappa shape index (κ1) is 18.5. The van der Waals surface area contributed by atoms with Crippen LogP contribution in [0.5, 0.6) is 11.5 Å². The Bertz CT molecular complexity index is 696. The molecule has 0 radical (unpaired) electrons. The summed E-state index contributed by atoms with van der Waals surface area (Å²) in [5, 5.41) is 5.98. The van der Waals surface area contributed by atoms with E-state index < -0.39 is 0 Å². The van der Waals surface area contributed by atoms with Crippen molar-refractivity contribution >= 4 is 11.7 Å². The maximum Gasteiger partial charge on any atom is 0.270 e. The maximum atomic E-state index is 12.2. The Kier molecular flexibility index (Phi) is 6.16. The van der Waals surface area contributed by atoms with Crippen molar-refractivity contribution < 1.29 is 14.3 Å². The monoisotopic (exact) mass is 344 g/mol. The first-order valence-corrected chi connectivity index (χ1v) is 8.03. The van der Waals surface area contributed by atoms with E-state index >= 15 is 0 Å². The highest BCUT2D eigenvalue weighted by Crippen LogP contribution is 2.16. The van der Waals surface area contributed by atoms with Gasteiger partial charge in [0.15, 0.2) is 0 Å². The molecule has 0 bridgehead atoms. The van der Waals surface area contributed by atoms with Crippen LogP contribution >= 0.6 is 0 Å². The van der Waals surface area contributed by atoms with E-state index in [1.54, 1.807) is 13.2 Å². The number of carbonyl (C=O) groups is 1.